The Kier molecular flexibility index (Phi) is 6.76. The van der Waals surface area contributed by atoms with Crippen molar-refractivity contribution in [2.45, 2.75) is 26.4 Å². The summed E-state index contributed by atoms with van der Waals surface area (Å²) in [5.74, 6) is -0.390. The lowest BCUT2D eigenvalue weighted by Gasteiger charge is -2.11. The minimum absolute atomic E-state index is 0.0543. The Bertz CT molecular complexity index is 209. The largest absolute Gasteiger partial charge is 0.463 e. The van der Waals surface area contributed by atoms with Gasteiger partial charge >= 0.3 is 5.97 Å². The average Bonchev–Trinajstić information content (AvgIpc) is 2.15. The van der Waals surface area contributed by atoms with Gasteiger partial charge in [0.05, 0.1) is 24.9 Å². The number of hydrogen-bond donors (Lipinski definition) is 0. The van der Waals surface area contributed by atoms with Crippen LogP contribution in [0.1, 0.15) is 20.3 Å². The summed E-state index contributed by atoms with van der Waals surface area (Å²) in [6, 6.07) is 0. The highest BCUT2D eigenvalue weighted by molar-refractivity contribution is 5.87. The zero-order valence-electron chi connectivity index (χ0n) is 8.91. The molecule has 0 aliphatic carbocycles. The van der Waals surface area contributed by atoms with Crippen molar-refractivity contribution in [3.8, 4) is 0 Å². The molecule has 0 heterocycles. The minimum atomic E-state index is -0.390. The van der Waals surface area contributed by atoms with Gasteiger partial charge in [-0.05, 0) is 20.3 Å². The molecule has 3 nitrogen and oxygen atoms in total. The van der Waals surface area contributed by atoms with Gasteiger partial charge in [0.2, 0.25) is 0 Å². The van der Waals surface area contributed by atoms with Crippen molar-refractivity contribution in [1.29, 1.82) is 0 Å². The number of esters is 1. The molecule has 0 N–H and O–H groups in total. The van der Waals surface area contributed by atoms with Crippen molar-refractivity contribution < 1.29 is 14.3 Å². The predicted octanol–water partition coefficient (Wildman–Crippen LogP) is 2.09. The van der Waals surface area contributed by atoms with Crippen LogP contribution in [0.5, 0.6) is 0 Å². The van der Waals surface area contributed by atoms with Crippen LogP contribution in [0.2, 0.25) is 0 Å². The van der Waals surface area contributed by atoms with Crippen LogP contribution in [0.15, 0.2) is 24.8 Å². The Labute approximate surface area is 85.4 Å². The summed E-state index contributed by atoms with van der Waals surface area (Å²) >= 11 is 0. The van der Waals surface area contributed by atoms with Gasteiger partial charge in [-0.1, -0.05) is 12.7 Å². The summed E-state index contributed by atoms with van der Waals surface area (Å²) in [5, 5.41) is 0. The maximum absolute atomic E-state index is 11.1. The van der Waals surface area contributed by atoms with E-state index in [1.54, 1.807) is 13.0 Å². The highest BCUT2D eigenvalue weighted by atomic mass is 16.5. The molecular weight excluding hydrogens is 180 g/mol. The molecule has 0 aromatic heterocycles. The van der Waals surface area contributed by atoms with Gasteiger partial charge < -0.3 is 9.47 Å². The van der Waals surface area contributed by atoms with Crippen molar-refractivity contribution in [1.82, 2.24) is 0 Å². The van der Waals surface area contributed by atoms with Gasteiger partial charge in [0.15, 0.2) is 0 Å². The second-order valence-corrected chi connectivity index (χ2v) is 2.97. The van der Waals surface area contributed by atoms with E-state index in [0.29, 0.717) is 12.2 Å². The molecule has 0 rings (SSSR count). The lowest BCUT2D eigenvalue weighted by molar-refractivity contribution is -0.139. The van der Waals surface area contributed by atoms with Gasteiger partial charge in [0, 0.05) is 0 Å². The molecule has 1 unspecified atom stereocenters. The second kappa shape index (κ2) is 7.33. The molecule has 0 radical (unpaired) electrons. The van der Waals surface area contributed by atoms with Crippen LogP contribution < -0.4 is 0 Å². The quantitative estimate of drug-likeness (QED) is 0.357. The molecule has 0 fully saturated rings. The van der Waals surface area contributed by atoms with Gasteiger partial charge in [-0.3, -0.25) is 0 Å². The first-order valence-corrected chi connectivity index (χ1v) is 4.69. The first-order chi connectivity index (χ1) is 6.61. The zero-order valence-corrected chi connectivity index (χ0v) is 8.91. The van der Waals surface area contributed by atoms with Crippen molar-refractivity contribution in [3.63, 3.8) is 0 Å². The summed E-state index contributed by atoms with van der Waals surface area (Å²) in [7, 11) is 0. The van der Waals surface area contributed by atoms with E-state index in [1.165, 1.54) is 0 Å². The van der Waals surface area contributed by atoms with E-state index in [0.717, 1.165) is 6.42 Å². The smallest absolute Gasteiger partial charge is 0.335 e. The summed E-state index contributed by atoms with van der Waals surface area (Å²) in [6.07, 6.45) is 2.59. The SMILES string of the molecule is C=CCC(C)OCC(=C)C(=O)OCC. The van der Waals surface area contributed by atoms with E-state index in [2.05, 4.69) is 13.2 Å². The normalized spacial score (nSPS) is 11.9. The van der Waals surface area contributed by atoms with Gasteiger partial charge in [-0.15, -0.1) is 6.58 Å². The van der Waals surface area contributed by atoms with Crippen LogP contribution in [0.3, 0.4) is 0 Å². The molecule has 0 saturated carbocycles. The molecule has 3 heteroatoms. The third kappa shape index (κ3) is 5.54. The molecule has 80 valence electrons. The Morgan fingerprint density at radius 1 is 1.57 bits per heavy atom. The van der Waals surface area contributed by atoms with Gasteiger partial charge in [0.25, 0.3) is 0 Å². The number of carbonyl (C=O) groups is 1. The molecule has 0 saturated heterocycles. The Morgan fingerprint density at radius 2 is 2.21 bits per heavy atom. The number of hydrogen-bond acceptors (Lipinski definition) is 3. The zero-order chi connectivity index (χ0) is 11.0. The molecule has 14 heavy (non-hydrogen) atoms. The van der Waals surface area contributed by atoms with Crippen LogP contribution in [-0.4, -0.2) is 25.3 Å². The fourth-order valence-corrected chi connectivity index (χ4v) is 0.838. The van der Waals surface area contributed by atoms with E-state index >= 15 is 0 Å². The van der Waals surface area contributed by atoms with Crippen LogP contribution >= 0.6 is 0 Å². The molecule has 0 aromatic carbocycles. The standard InChI is InChI=1S/C11H18O3/c1-5-7-10(4)14-8-9(3)11(12)13-6-2/h5,10H,1,3,6-8H2,2,4H3. The molecule has 0 bridgehead atoms. The summed E-state index contributed by atoms with van der Waals surface area (Å²) in [6.45, 7) is 11.4. The van der Waals surface area contributed by atoms with Crippen LogP contribution in [0.25, 0.3) is 0 Å². The van der Waals surface area contributed by atoms with Gasteiger partial charge in [0.1, 0.15) is 0 Å². The molecule has 0 amide bonds. The third-order valence-electron chi connectivity index (χ3n) is 1.60. The van der Waals surface area contributed by atoms with Gasteiger partial charge in [-0.25, -0.2) is 4.79 Å². The number of carbonyl (C=O) groups excluding carboxylic acids is 1. The average molecular weight is 198 g/mol. The number of rotatable bonds is 7. The summed E-state index contributed by atoms with van der Waals surface area (Å²) in [4.78, 5) is 11.1. The van der Waals surface area contributed by atoms with Crippen molar-refractivity contribution in [2.75, 3.05) is 13.2 Å². The Morgan fingerprint density at radius 3 is 2.71 bits per heavy atom. The first-order valence-electron chi connectivity index (χ1n) is 4.69. The second-order valence-electron chi connectivity index (χ2n) is 2.97. The van der Waals surface area contributed by atoms with Crippen molar-refractivity contribution >= 4 is 5.97 Å². The molecule has 0 aromatic rings. The monoisotopic (exact) mass is 198 g/mol. The molecule has 0 aliphatic rings. The van der Waals surface area contributed by atoms with E-state index < -0.39 is 5.97 Å². The molecular formula is C11H18O3. The highest BCUT2D eigenvalue weighted by Gasteiger charge is 2.09. The predicted molar refractivity (Wildman–Crippen MR) is 56.0 cm³/mol. The van der Waals surface area contributed by atoms with Gasteiger partial charge in [-0.2, -0.15) is 0 Å². The summed E-state index contributed by atoms with van der Waals surface area (Å²) < 4.78 is 10.1. The van der Waals surface area contributed by atoms with Crippen LogP contribution in [-0.2, 0) is 14.3 Å². The lowest BCUT2D eigenvalue weighted by Crippen LogP contribution is -2.15. The summed E-state index contributed by atoms with van der Waals surface area (Å²) in [5.41, 5.74) is 0.350. The number of ether oxygens (including phenoxy) is 2. The maximum Gasteiger partial charge on any atom is 0.335 e. The fourth-order valence-electron chi connectivity index (χ4n) is 0.838. The van der Waals surface area contributed by atoms with E-state index in [9.17, 15) is 4.79 Å². The van der Waals surface area contributed by atoms with Crippen molar-refractivity contribution in [3.05, 3.63) is 24.8 Å². The molecule has 0 spiro atoms. The highest BCUT2D eigenvalue weighted by Crippen LogP contribution is 2.02. The Balaban J connectivity index is 3.72. The van der Waals surface area contributed by atoms with Crippen molar-refractivity contribution in [2.24, 2.45) is 0 Å². The maximum atomic E-state index is 11.1. The van der Waals surface area contributed by atoms with E-state index in [1.807, 2.05) is 6.92 Å². The first kappa shape index (κ1) is 12.9. The topological polar surface area (TPSA) is 35.5 Å². The minimum Gasteiger partial charge on any atom is -0.463 e. The fraction of sp³-hybridized carbons (Fsp3) is 0.545. The lowest BCUT2D eigenvalue weighted by atomic mass is 10.3. The van der Waals surface area contributed by atoms with E-state index in [4.69, 9.17) is 9.47 Å². The third-order valence-corrected chi connectivity index (χ3v) is 1.60. The molecule has 1 atom stereocenters. The molecule has 0 aliphatic heterocycles. The van der Waals surface area contributed by atoms with Crippen LogP contribution in [0, 0.1) is 0 Å². The van der Waals surface area contributed by atoms with Crippen LogP contribution in [0.4, 0.5) is 0 Å². The van der Waals surface area contributed by atoms with E-state index in [-0.39, 0.29) is 12.7 Å². The Hall–Kier alpha value is -1.09.